The lowest BCUT2D eigenvalue weighted by Gasteiger charge is -2.27. The third-order valence-electron chi connectivity index (χ3n) is 3.50. The number of hydrogen-bond donors (Lipinski definition) is 1. The van der Waals surface area contributed by atoms with Crippen LogP contribution >= 0.6 is 0 Å². The summed E-state index contributed by atoms with van der Waals surface area (Å²) in [6.07, 6.45) is 3.41. The van der Waals surface area contributed by atoms with Gasteiger partial charge < -0.3 is 15.0 Å². The van der Waals surface area contributed by atoms with Crippen LogP contribution in [0.1, 0.15) is 29.8 Å². The van der Waals surface area contributed by atoms with Gasteiger partial charge in [0, 0.05) is 13.1 Å². The Morgan fingerprint density at radius 2 is 2.21 bits per heavy atom. The number of carbonyl (C=O) groups is 1. The van der Waals surface area contributed by atoms with Gasteiger partial charge in [-0.2, -0.15) is 0 Å². The Balaban J connectivity index is 2.05. The van der Waals surface area contributed by atoms with E-state index in [1.54, 1.807) is 6.07 Å². The van der Waals surface area contributed by atoms with Gasteiger partial charge in [-0.05, 0) is 44.5 Å². The molecule has 1 N–H and O–H groups in total. The number of methoxy groups -OCH3 is 1. The molecule has 104 valence electrons. The number of esters is 1. The predicted molar refractivity (Wildman–Crippen MR) is 72.3 cm³/mol. The second-order valence-electron chi connectivity index (χ2n) is 4.71. The molecular formula is C13H20N4O2. The third-order valence-corrected chi connectivity index (χ3v) is 3.50. The van der Waals surface area contributed by atoms with E-state index in [4.69, 9.17) is 0 Å². The van der Waals surface area contributed by atoms with Crippen molar-refractivity contribution in [2.45, 2.75) is 25.3 Å². The highest BCUT2D eigenvalue weighted by Gasteiger charge is 2.18. The molecule has 0 bridgehead atoms. The maximum absolute atomic E-state index is 11.3. The summed E-state index contributed by atoms with van der Waals surface area (Å²) in [6.45, 7) is 2.11. The number of rotatable bonds is 3. The Morgan fingerprint density at radius 1 is 1.37 bits per heavy atom. The van der Waals surface area contributed by atoms with E-state index in [2.05, 4.69) is 25.2 Å². The number of anilines is 1. The van der Waals surface area contributed by atoms with Gasteiger partial charge >= 0.3 is 5.97 Å². The van der Waals surface area contributed by atoms with E-state index in [0.717, 1.165) is 31.7 Å². The summed E-state index contributed by atoms with van der Waals surface area (Å²) in [4.78, 5) is 13.4. The van der Waals surface area contributed by atoms with Crippen molar-refractivity contribution in [3.8, 4) is 0 Å². The average Bonchev–Trinajstić information content (AvgIpc) is 2.75. The summed E-state index contributed by atoms with van der Waals surface area (Å²) in [5, 5.41) is 11.4. The zero-order valence-corrected chi connectivity index (χ0v) is 11.4. The number of hydrogen-bond acceptors (Lipinski definition) is 6. The van der Waals surface area contributed by atoms with Crippen LogP contribution in [-0.4, -0.2) is 49.5 Å². The third kappa shape index (κ3) is 3.41. The van der Waals surface area contributed by atoms with Gasteiger partial charge in [-0.3, -0.25) is 0 Å². The molecule has 1 unspecified atom stereocenters. The van der Waals surface area contributed by atoms with Crippen molar-refractivity contribution in [2.75, 3.05) is 32.1 Å². The molecule has 0 radical (unpaired) electrons. The van der Waals surface area contributed by atoms with E-state index < -0.39 is 5.97 Å². The molecule has 6 heteroatoms. The quantitative estimate of drug-likeness (QED) is 0.816. The van der Waals surface area contributed by atoms with Gasteiger partial charge in [-0.1, -0.05) is 0 Å². The number of ether oxygens (including phenoxy) is 1. The average molecular weight is 264 g/mol. The Kier molecular flexibility index (Phi) is 4.68. The van der Waals surface area contributed by atoms with Crippen molar-refractivity contribution in [3.05, 3.63) is 17.8 Å². The number of nitrogens with one attached hydrogen (secondary N) is 1. The van der Waals surface area contributed by atoms with Crippen LogP contribution in [0.4, 0.5) is 5.82 Å². The lowest BCUT2D eigenvalue weighted by molar-refractivity contribution is 0.0592. The van der Waals surface area contributed by atoms with Crippen LogP contribution in [0.25, 0.3) is 0 Å². The first-order chi connectivity index (χ1) is 9.22. The van der Waals surface area contributed by atoms with Crippen molar-refractivity contribution < 1.29 is 9.53 Å². The van der Waals surface area contributed by atoms with E-state index >= 15 is 0 Å². The van der Waals surface area contributed by atoms with Crippen LogP contribution < -0.4 is 10.2 Å². The fourth-order valence-electron chi connectivity index (χ4n) is 2.30. The van der Waals surface area contributed by atoms with Gasteiger partial charge in [0.05, 0.1) is 7.11 Å². The van der Waals surface area contributed by atoms with Crippen molar-refractivity contribution in [1.29, 1.82) is 0 Å². The zero-order chi connectivity index (χ0) is 13.7. The number of nitrogens with zero attached hydrogens (tertiary/aromatic N) is 3. The van der Waals surface area contributed by atoms with Crippen LogP contribution in [0.3, 0.4) is 0 Å². The minimum Gasteiger partial charge on any atom is -0.464 e. The molecule has 19 heavy (non-hydrogen) atoms. The lowest BCUT2D eigenvalue weighted by atomic mass is 10.1. The van der Waals surface area contributed by atoms with Crippen LogP contribution in [0, 0.1) is 0 Å². The fraction of sp³-hybridized carbons (Fsp3) is 0.615. The van der Waals surface area contributed by atoms with E-state index in [1.807, 2.05) is 13.1 Å². The normalized spacial score (nSPS) is 19.6. The van der Waals surface area contributed by atoms with Crippen LogP contribution in [-0.2, 0) is 4.74 Å². The van der Waals surface area contributed by atoms with Crippen LogP contribution in [0.5, 0.6) is 0 Å². The summed E-state index contributed by atoms with van der Waals surface area (Å²) in [7, 11) is 3.36. The highest BCUT2D eigenvalue weighted by atomic mass is 16.5. The van der Waals surface area contributed by atoms with Crippen molar-refractivity contribution >= 4 is 11.8 Å². The molecule has 1 aliphatic heterocycles. The molecule has 2 rings (SSSR count). The van der Waals surface area contributed by atoms with Gasteiger partial charge in [0.15, 0.2) is 11.5 Å². The number of aromatic nitrogens is 2. The highest BCUT2D eigenvalue weighted by Crippen LogP contribution is 2.18. The standard InChI is InChI=1S/C13H20N4O2/c1-17(10-4-3-8-14-9-7-10)12-6-5-11(15-16-12)13(18)19-2/h5-6,10,14H,3-4,7-9H2,1-2H3. The first kappa shape index (κ1) is 13.7. The summed E-state index contributed by atoms with van der Waals surface area (Å²) in [5.74, 6) is 0.333. The second-order valence-corrected chi connectivity index (χ2v) is 4.71. The molecule has 0 aromatic carbocycles. The van der Waals surface area contributed by atoms with Gasteiger partial charge in [0.2, 0.25) is 0 Å². The van der Waals surface area contributed by atoms with E-state index in [9.17, 15) is 4.79 Å². The number of carbonyl (C=O) groups excluding carboxylic acids is 1. The molecule has 0 saturated carbocycles. The van der Waals surface area contributed by atoms with E-state index in [1.165, 1.54) is 13.5 Å². The minimum atomic E-state index is -0.458. The topological polar surface area (TPSA) is 67.3 Å². The molecule has 2 heterocycles. The smallest absolute Gasteiger partial charge is 0.358 e. The molecular weight excluding hydrogens is 244 g/mol. The molecule has 0 spiro atoms. The molecule has 1 aromatic heterocycles. The second kappa shape index (κ2) is 6.47. The largest absolute Gasteiger partial charge is 0.464 e. The maximum atomic E-state index is 11.3. The van der Waals surface area contributed by atoms with E-state index in [-0.39, 0.29) is 5.69 Å². The van der Waals surface area contributed by atoms with Gasteiger partial charge in [0.1, 0.15) is 0 Å². The molecule has 0 amide bonds. The molecule has 1 saturated heterocycles. The van der Waals surface area contributed by atoms with Crippen LogP contribution in [0.2, 0.25) is 0 Å². The SMILES string of the molecule is COC(=O)c1ccc(N(C)C2CCCNCC2)nn1. The molecule has 1 fully saturated rings. The molecule has 1 atom stereocenters. The summed E-state index contributed by atoms with van der Waals surface area (Å²) in [6, 6.07) is 3.94. The Morgan fingerprint density at radius 3 is 2.89 bits per heavy atom. The van der Waals surface area contributed by atoms with Crippen molar-refractivity contribution in [3.63, 3.8) is 0 Å². The summed E-state index contributed by atoms with van der Waals surface area (Å²) >= 11 is 0. The van der Waals surface area contributed by atoms with Gasteiger partial charge in [0.25, 0.3) is 0 Å². The first-order valence-electron chi connectivity index (χ1n) is 6.58. The Hall–Kier alpha value is -1.69. The zero-order valence-electron chi connectivity index (χ0n) is 11.4. The van der Waals surface area contributed by atoms with Crippen LogP contribution in [0.15, 0.2) is 12.1 Å². The fourth-order valence-corrected chi connectivity index (χ4v) is 2.30. The minimum absolute atomic E-state index is 0.238. The van der Waals surface area contributed by atoms with Gasteiger partial charge in [-0.15, -0.1) is 10.2 Å². The summed E-state index contributed by atoms with van der Waals surface area (Å²) < 4.78 is 4.61. The molecule has 1 aliphatic rings. The lowest BCUT2D eigenvalue weighted by Crippen LogP contribution is -2.33. The highest BCUT2D eigenvalue weighted by molar-refractivity contribution is 5.86. The van der Waals surface area contributed by atoms with Crippen molar-refractivity contribution in [1.82, 2.24) is 15.5 Å². The monoisotopic (exact) mass is 264 g/mol. The molecule has 0 aliphatic carbocycles. The predicted octanol–water partition coefficient (Wildman–Crippen LogP) is 0.841. The van der Waals surface area contributed by atoms with Crippen molar-refractivity contribution in [2.24, 2.45) is 0 Å². The Bertz CT molecular complexity index is 413. The molecule has 6 nitrogen and oxygen atoms in total. The summed E-state index contributed by atoms with van der Waals surface area (Å²) in [5.41, 5.74) is 0.238. The Labute approximate surface area is 113 Å². The van der Waals surface area contributed by atoms with Gasteiger partial charge in [-0.25, -0.2) is 4.79 Å². The maximum Gasteiger partial charge on any atom is 0.358 e. The van der Waals surface area contributed by atoms with E-state index in [0.29, 0.717) is 6.04 Å². The molecule has 1 aromatic rings. The first-order valence-corrected chi connectivity index (χ1v) is 6.58.